The van der Waals surface area contributed by atoms with Gasteiger partial charge in [-0.25, -0.2) is 9.97 Å². The van der Waals surface area contributed by atoms with Crippen LogP contribution in [0.1, 0.15) is 30.4 Å². The van der Waals surface area contributed by atoms with Crippen LogP contribution in [0.2, 0.25) is 0 Å². The Morgan fingerprint density at radius 2 is 1.95 bits per heavy atom. The first-order valence-corrected chi connectivity index (χ1v) is 9.13. The molecule has 1 heterocycles. The van der Waals surface area contributed by atoms with Crippen LogP contribution in [0, 0.1) is 17.4 Å². The molecule has 0 atom stereocenters. The Bertz CT molecular complexity index is 616. The first-order chi connectivity index (χ1) is 10.1. The summed E-state index contributed by atoms with van der Waals surface area (Å²) in [4.78, 5) is 10.6. The van der Waals surface area contributed by atoms with Crippen LogP contribution in [0.25, 0.3) is 0 Å². The Morgan fingerprint density at radius 3 is 2.67 bits per heavy atom. The minimum absolute atomic E-state index is 0.795. The lowest BCUT2D eigenvalue weighted by Gasteiger charge is -2.11. The number of nitrogens with zero attached hydrogens (tertiary/aromatic N) is 2. The fourth-order valence-electron chi connectivity index (χ4n) is 1.90. The van der Waals surface area contributed by atoms with E-state index in [1.165, 1.54) is 10.5 Å². The van der Waals surface area contributed by atoms with Gasteiger partial charge in [0, 0.05) is 11.4 Å². The van der Waals surface area contributed by atoms with E-state index in [9.17, 15) is 0 Å². The molecule has 0 bridgehead atoms. The highest BCUT2D eigenvalue weighted by Crippen LogP contribution is 2.26. The third-order valence-corrected chi connectivity index (χ3v) is 5.52. The molecule has 1 N–H and O–H groups in total. The zero-order valence-corrected chi connectivity index (χ0v) is 15.6. The highest BCUT2D eigenvalue weighted by atomic mass is 127. The molecule has 0 aliphatic rings. The van der Waals surface area contributed by atoms with Gasteiger partial charge in [-0.1, -0.05) is 25.1 Å². The molecular weight excluding hydrogens is 393 g/mol. The maximum absolute atomic E-state index is 4.66. The molecule has 5 heteroatoms. The summed E-state index contributed by atoms with van der Waals surface area (Å²) in [5, 5.41) is 3.39. The molecule has 0 saturated heterocycles. The van der Waals surface area contributed by atoms with Gasteiger partial charge in [0.05, 0.1) is 15.0 Å². The van der Waals surface area contributed by atoms with E-state index >= 15 is 0 Å². The van der Waals surface area contributed by atoms with Crippen molar-refractivity contribution in [3.8, 4) is 0 Å². The summed E-state index contributed by atoms with van der Waals surface area (Å²) in [6, 6.07) is 8.42. The van der Waals surface area contributed by atoms with Crippen molar-refractivity contribution in [2.45, 2.75) is 37.8 Å². The second-order valence-electron chi connectivity index (χ2n) is 4.87. The fourth-order valence-corrected chi connectivity index (χ4v) is 3.22. The molecule has 0 saturated carbocycles. The largest absolute Gasteiger partial charge is 0.369 e. The van der Waals surface area contributed by atoms with Crippen LogP contribution in [0.4, 0.5) is 5.82 Å². The summed E-state index contributed by atoms with van der Waals surface area (Å²) in [6.45, 7) is 7.28. The summed E-state index contributed by atoms with van der Waals surface area (Å²) < 4.78 is 1.12. The van der Waals surface area contributed by atoms with Crippen molar-refractivity contribution >= 4 is 40.2 Å². The van der Waals surface area contributed by atoms with E-state index in [2.05, 4.69) is 76.0 Å². The van der Waals surface area contributed by atoms with Crippen molar-refractivity contribution in [1.29, 1.82) is 0 Å². The number of benzene rings is 1. The van der Waals surface area contributed by atoms with Gasteiger partial charge in [0.15, 0.2) is 0 Å². The van der Waals surface area contributed by atoms with E-state index in [1.54, 1.807) is 11.8 Å². The topological polar surface area (TPSA) is 37.8 Å². The average molecular weight is 413 g/mol. The molecular formula is C16H20IN3S. The Labute approximate surface area is 144 Å². The summed E-state index contributed by atoms with van der Waals surface area (Å²) in [6.07, 6.45) is 1.09. The summed E-state index contributed by atoms with van der Waals surface area (Å²) in [5.41, 5.74) is 2.35. The number of rotatable bonds is 6. The van der Waals surface area contributed by atoms with E-state index < -0.39 is 0 Å². The smallest absolute Gasteiger partial charge is 0.143 e. The van der Waals surface area contributed by atoms with E-state index in [0.717, 1.165) is 39.6 Å². The number of anilines is 1. The van der Waals surface area contributed by atoms with Gasteiger partial charge in [0.25, 0.3) is 0 Å². The Hall–Kier alpha value is -0.820. The van der Waals surface area contributed by atoms with Gasteiger partial charge in [0.1, 0.15) is 11.6 Å². The van der Waals surface area contributed by atoms with Crippen LogP contribution in [0.15, 0.2) is 29.2 Å². The number of hydrogen-bond acceptors (Lipinski definition) is 4. The SMILES string of the molecule is CCCNc1nc(CSc2ccccc2C)nc(C)c1I. The normalized spacial score (nSPS) is 10.7. The van der Waals surface area contributed by atoms with Crippen molar-refractivity contribution in [1.82, 2.24) is 9.97 Å². The van der Waals surface area contributed by atoms with Gasteiger partial charge in [-0.05, 0) is 54.5 Å². The predicted octanol–water partition coefficient (Wildman–Crippen LogP) is 4.81. The number of hydrogen-bond donors (Lipinski definition) is 1. The Kier molecular flexibility index (Phi) is 6.29. The summed E-state index contributed by atoms with van der Waals surface area (Å²) in [5.74, 6) is 2.65. The molecule has 2 aromatic rings. The van der Waals surface area contributed by atoms with Crippen molar-refractivity contribution < 1.29 is 0 Å². The molecule has 112 valence electrons. The van der Waals surface area contributed by atoms with Gasteiger partial charge in [-0.2, -0.15) is 0 Å². The number of aryl methyl sites for hydroxylation is 2. The monoisotopic (exact) mass is 413 g/mol. The van der Waals surface area contributed by atoms with E-state index in [4.69, 9.17) is 0 Å². The molecule has 0 unspecified atom stereocenters. The van der Waals surface area contributed by atoms with E-state index in [0.29, 0.717) is 0 Å². The zero-order chi connectivity index (χ0) is 15.2. The molecule has 2 rings (SSSR count). The molecule has 0 spiro atoms. The van der Waals surface area contributed by atoms with Gasteiger partial charge >= 0.3 is 0 Å². The van der Waals surface area contributed by atoms with Crippen LogP contribution in [0.5, 0.6) is 0 Å². The molecule has 0 aliphatic carbocycles. The van der Waals surface area contributed by atoms with Crippen molar-refractivity contribution in [3.63, 3.8) is 0 Å². The summed E-state index contributed by atoms with van der Waals surface area (Å²) >= 11 is 4.10. The quantitative estimate of drug-likeness (QED) is 0.545. The lowest BCUT2D eigenvalue weighted by Crippen LogP contribution is -2.08. The fraction of sp³-hybridized carbons (Fsp3) is 0.375. The Morgan fingerprint density at radius 1 is 1.19 bits per heavy atom. The molecule has 0 aliphatic heterocycles. The molecule has 21 heavy (non-hydrogen) atoms. The Balaban J connectivity index is 2.13. The van der Waals surface area contributed by atoms with Crippen LogP contribution in [0.3, 0.4) is 0 Å². The van der Waals surface area contributed by atoms with Crippen molar-refractivity contribution in [2.75, 3.05) is 11.9 Å². The number of thioether (sulfide) groups is 1. The number of halogens is 1. The lowest BCUT2D eigenvalue weighted by atomic mass is 10.2. The molecule has 1 aromatic heterocycles. The van der Waals surface area contributed by atoms with E-state index in [1.807, 2.05) is 6.92 Å². The molecule has 3 nitrogen and oxygen atoms in total. The minimum Gasteiger partial charge on any atom is -0.369 e. The number of aromatic nitrogens is 2. The second kappa shape index (κ2) is 7.98. The van der Waals surface area contributed by atoms with Crippen LogP contribution in [-0.2, 0) is 5.75 Å². The maximum atomic E-state index is 4.66. The van der Waals surface area contributed by atoms with Crippen LogP contribution in [-0.4, -0.2) is 16.5 Å². The third kappa shape index (κ3) is 4.57. The van der Waals surface area contributed by atoms with Gasteiger partial charge in [0.2, 0.25) is 0 Å². The predicted molar refractivity (Wildman–Crippen MR) is 99.0 cm³/mol. The average Bonchev–Trinajstić information content (AvgIpc) is 2.48. The summed E-state index contributed by atoms with van der Waals surface area (Å²) in [7, 11) is 0. The van der Waals surface area contributed by atoms with Crippen molar-refractivity contribution in [3.05, 3.63) is 44.9 Å². The van der Waals surface area contributed by atoms with Crippen LogP contribution >= 0.6 is 34.4 Å². The highest BCUT2D eigenvalue weighted by molar-refractivity contribution is 14.1. The second-order valence-corrected chi connectivity index (χ2v) is 6.96. The maximum Gasteiger partial charge on any atom is 0.143 e. The van der Waals surface area contributed by atoms with Gasteiger partial charge in [-0.3, -0.25) is 0 Å². The van der Waals surface area contributed by atoms with Gasteiger partial charge in [-0.15, -0.1) is 11.8 Å². The number of nitrogens with one attached hydrogen (secondary N) is 1. The lowest BCUT2D eigenvalue weighted by molar-refractivity contribution is 0.933. The molecule has 0 fully saturated rings. The third-order valence-electron chi connectivity index (χ3n) is 3.06. The molecule has 0 amide bonds. The van der Waals surface area contributed by atoms with E-state index in [-0.39, 0.29) is 0 Å². The van der Waals surface area contributed by atoms with Gasteiger partial charge < -0.3 is 5.32 Å². The van der Waals surface area contributed by atoms with Crippen molar-refractivity contribution in [2.24, 2.45) is 0 Å². The first kappa shape index (κ1) is 16.5. The highest BCUT2D eigenvalue weighted by Gasteiger charge is 2.09. The minimum atomic E-state index is 0.795. The zero-order valence-electron chi connectivity index (χ0n) is 12.6. The first-order valence-electron chi connectivity index (χ1n) is 7.07. The molecule has 0 radical (unpaired) electrons. The van der Waals surface area contributed by atoms with Crippen LogP contribution < -0.4 is 5.32 Å². The standard InChI is InChI=1S/C16H20IN3S/c1-4-9-18-16-15(17)12(3)19-14(20-16)10-21-13-8-6-5-7-11(13)2/h5-8H,4,9-10H2,1-3H3,(H,18,19,20). The molecule has 1 aromatic carbocycles.